The Kier molecular flexibility index (Phi) is 6.95. The number of nitrogens with one attached hydrogen (secondary N) is 1. The van der Waals surface area contributed by atoms with Gasteiger partial charge in [0, 0.05) is 18.2 Å². The molecule has 0 fully saturated rings. The van der Waals surface area contributed by atoms with Crippen LogP contribution in [0.4, 0.5) is 0 Å². The summed E-state index contributed by atoms with van der Waals surface area (Å²) in [6, 6.07) is 12.2. The SMILES string of the molecule is CCOc1cccc([C@H](C)NCc2ccc(OC)c(OC)c2OC)c1. The van der Waals surface area contributed by atoms with Crippen molar-refractivity contribution in [3.63, 3.8) is 0 Å². The molecule has 0 saturated heterocycles. The Morgan fingerprint density at radius 1 is 0.960 bits per heavy atom. The van der Waals surface area contributed by atoms with E-state index < -0.39 is 0 Å². The molecule has 0 aliphatic heterocycles. The van der Waals surface area contributed by atoms with E-state index in [1.165, 1.54) is 5.56 Å². The van der Waals surface area contributed by atoms with Crippen LogP contribution in [0, 0.1) is 0 Å². The predicted molar refractivity (Wildman–Crippen MR) is 99.0 cm³/mol. The van der Waals surface area contributed by atoms with Gasteiger partial charge in [0.05, 0.1) is 27.9 Å². The summed E-state index contributed by atoms with van der Waals surface area (Å²) in [4.78, 5) is 0. The summed E-state index contributed by atoms with van der Waals surface area (Å²) in [5.41, 5.74) is 2.18. The van der Waals surface area contributed by atoms with E-state index in [1.54, 1.807) is 21.3 Å². The quantitative estimate of drug-likeness (QED) is 0.745. The lowest BCUT2D eigenvalue weighted by molar-refractivity contribution is 0.321. The first-order valence-corrected chi connectivity index (χ1v) is 8.38. The molecule has 2 rings (SSSR count). The largest absolute Gasteiger partial charge is 0.494 e. The maximum atomic E-state index is 5.57. The number of hydrogen-bond donors (Lipinski definition) is 1. The third kappa shape index (κ3) is 4.57. The van der Waals surface area contributed by atoms with Gasteiger partial charge in [0.2, 0.25) is 5.75 Å². The number of rotatable bonds is 9. The topological polar surface area (TPSA) is 49.0 Å². The highest BCUT2D eigenvalue weighted by Gasteiger charge is 2.16. The van der Waals surface area contributed by atoms with Gasteiger partial charge in [0.15, 0.2) is 11.5 Å². The summed E-state index contributed by atoms with van der Waals surface area (Å²) in [6.45, 7) is 5.41. The first-order chi connectivity index (χ1) is 12.1. The zero-order chi connectivity index (χ0) is 18.2. The fourth-order valence-corrected chi connectivity index (χ4v) is 2.72. The van der Waals surface area contributed by atoms with E-state index in [2.05, 4.69) is 24.4 Å². The Morgan fingerprint density at radius 2 is 1.72 bits per heavy atom. The average Bonchev–Trinajstić information content (AvgIpc) is 2.65. The number of methoxy groups -OCH3 is 3. The number of ether oxygens (including phenoxy) is 4. The van der Waals surface area contributed by atoms with Crippen molar-refractivity contribution in [3.8, 4) is 23.0 Å². The Balaban J connectivity index is 2.14. The third-order valence-corrected chi connectivity index (χ3v) is 4.05. The first-order valence-electron chi connectivity index (χ1n) is 8.38. The van der Waals surface area contributed by atoms with Crippen molar-refractivity contribution in [2.75, 3.05) is 27.9 Å². The van der Waals surface area contributed by atoms with Gasteiger partial charge in [-0.05, 0) is 37.6 Å². The van der Waals surface area contributed by atoms with Crippen molar-refractivity contribution in [2.24, 2.45) is 0 Å². The van der Waals surface area contributed by atoms with E-state index in [-0.39, 0.29) is 6.04 Å². The molecule has 0 radical (unpaired) electrons. The van der Waals surface area contributed by atoms with Gasteiger partial charge in [-0.3, -0.25) is 0 Å². The Morgan fingerprint density at radius 3 is 2.36 bits per heavy atom. The lowest BCUT2D eigenvalue weighted by Gasteiger charge is -2.19. The summed E-state index contributed by atoms with van der Waals surface area (Å²) in [5, 5.41) is 3.52. The molecule has 0 bridgehead atoms. The lowest BCUT2D eigenvalue weighted by atomic mass is 10.1. The van der Waals surface area contributed by atoms with Crippen LogP contribution in [0.2, 0.25) is 0 Å². The van der Waals surface area contributed by atoms with E-state index in [9.17, 15) is 0 Å². The molecular weight excluding hydrogens is 318 g/mol. The maximum Gasteiger partial charge on any atom is 0.203 e. The van der Waals surface area contributed by atoms with Gasteiger partial charge in [-0.15, -0.1) is 0 Å². The van der Waals surface area contributed by atoms with Gasteiger partial charge < -0.3 is 24.3 Å². The molecule has 0 amide bonds. The highest BCUT2D eigenvalue weighted by molar-refractivity contribution is 5.55. The van der Waals surface area contributed by atoms with Crippen LogP contribution in [0.25, 0.3) is 0 Å². The van der Waals surface area contributed by atoms with Crippen LogP contribution in [0.3, 0.4) is 0 Å². The van der Waals surface area contributed by atoms with Crippen LogP contribution in [0.5, 0.6) is 23.0 Å². The molecule has 0 aliphatic carbocycles. The summed E-state index contributed by atoms with van der Waals surface area (Å²) in [5.74, 6) is 2.83. The van der Waals surface area contributed by atoms with Crippen LogP contribution >= 0.6 is 0 Å². The van der Waals surface area contributed by atoms with Crippen LogP contribution in [-0.4, -0.2) is 27.9 Å². The Labute approximate surface area is 149 Å². The third-order valence-electron chi connectivity index (χ3n) is 4.05. The molecule has 136 valence electrons. The number of benzene rings is 2. The second kappa shape index (κ2) is 9.18. The second-order valence-corrected chi connectivity index (χ2v) is 5.60. The average molecular weight is 345 g/mol. The molecule has 5 nitrogen and oxygen atoms in total. The molecule has 1 atom stereocenters. The van der Waals surface area contributed by atoms with Crippen LogP contribution < -0.4 is 24.3 Å². The fraction of sp³-hybridized carbons (Fsp3) is 0.400. The smallest absolute Gasteiger partial charge is 0.203 e. The van der Waals surface area contributed by atoms with Crippen molar-refractivity contribution < 1.29 is 18.9 Å². The summed E-state index contributed by atoms with van der Waals surface area (Å²) < 4.78 is 21.9. The second-order valence-electron chi connectivity index (χ2n) is 5.60. The Hall–Kier alpha value is -2.40. The molecule has 0 saturated carbocycles. The molecule has 25 heavy (non-hydrogen) atoms. The Bertz CT molecular complexity index is 687. The summed E-state index contributed by atoms with van der Waals surface area (Å²) >= 11 is 0. The summed E-state index contributed by atoms with van der Waals surface area (Å²) in [7, 11) is 4.86. The van der Waals surface area contributed by atoms with Crippen molar-refractivity contribution >= 4 is 0 Å². The van der Waals surface area contributed by atoms with E-state index in [1.807, 2.05) is 31.2 Å². The van der Waals surface area contributed by atoms with Gasteiger partial charge in [-0.1, -0.05) is 18.2 Å². The van der Waals surface area contributed by atoms with Gasteiger partial charge >= 0.3 is 0 Å². The van der Waals surface area contributed by atoms with E-state index in [0.717, 1.165) is 11.3 Å². The van der Waals surface area contributed by atoms with Crippen molar-refractivity contribution in [1.82, 2.24) is 5.32 Å². The lowest BCUT2D eigenvalue weighted by Crippen LogP contribution is -2.18. The minimum absolute atomic E-state index is 0.165. The van der Waals surface area contributed by atoms with Gasteiger partial charge in [0.1, 0.15) is 5.75 Å². The minimum Gasteiger partial charge on any atom is -0.494 e. The molecule has 5 heteroatoms. The van der Waals surface area contributed by atoms with Crippen molar-refractivity contribution in [3.05, 3.63) is 47.5 Å². The maximum absolute atomic E-state index is 5.57. The molecule has 0 aliphatic rings. The molecule has 0 unspecified atom stereocenters. The monoisotopic (exact) mass is 345 g/mol. The van der Waals surface area contributed by atoms with Gasteiger partial charge in [-0.25, -0.2) is 0 Å². The minimum atomic E-state index is 0.165. The van der Waals surface area contributed by atoms with E-state index in [4.69, 9.17) is 18.9 Å². The zero-order valence-electron chi connectivity index (χ0n) is 15.6. The zero-order valence-corrected chi connectivity index (χ0v) is 15.6. The molecule has 0 spiro atoms. The van der Waals surface area contributed by atoms with Crippen LogP contribution in [-0.2, 0) is 6.54 Å². The van der Waals surface area contributed by atoms with Crippen LogP contribution in [0.15, 0.2) is 36.4 Å². The van der Waals surface area contributed by atoms with Gasteiger partial charge in [-0.2, -0.15) is 0 Å². The van der Waals surface area contributed by atoms with E-state index in [0.29, 0.717) is 30.4 Å². The summed E-state index contributed by atoms with van der Waals surface area (Å²) in [6.07, 6.45) is 0. The molecule has 1 N–H and O–H groups in total. The van der Waals surface area contributed by atoms with E-state index >= 15 is 0 Å². The molecule has 0 aromatic heterocycles. The fourth-order valence-electron chi connectivity index (χ4n) is 2.72. The van der Waals surface area contributed by atoms with Crippen molar-refractivity contribution in [2.45, 2.75) is 26.4 Å². The molecular formula is C20H27NO4. The predicted octanol–water partition coefficient (Wildman–Crippen LogP) is 3.96. The normalized spacial score (nSPS) is 11.7. The number of hydrogen-bond acceptors (Lipinski definition) is 5. The van der Waals surface area contributed by atoms with Gasteiger partial charge in [0.25, 0.3) is 0 Å². The van der Waals surface area contributed by atoms with Crippen molar-refractivity contribution in [1.29, 1.82) is 0 Å². The highest BCUT2D eigenvalue weighted by Crippen LogP contribution is 2.39. The van der Waals surface area contributed by atoms with Crippen LogP contribution in [0.1, 0.15) is 31.0 Å². The molecule has 2 aromatic carbocycles. The first kappa shape index (κ1) is 18.9. The molecule has 2 aromatic rings. The standard InChI is InChI=1S/C20H27NO4/c1-6-25-17-9-7-8-15(12-17)14(2)21-13-16-10-11-18(22-3)20(24-5)19(16)23-4/h7-12,14,21H,6,13H2,1-5H3/t14-/m0/s1. The highest BCUT2D eigenvalue weighted by atomic mass is 16.5. The molecule has 0 heterocycles.